The van der Waals surface area contributed by atoms with Gasteiger partial charge in [-0.1, -0.05) is 122 Å². The third-order valence-electron chi connectivity index (χ3n) is 28.9. The Kier molecular flexibility index (Phi) is 33.6. The second kappa shape index (κ2) is 48.8. The fraction of sp³-hybridized carbons (Fsp3) is 0.277. The Morgan fingerprint density at radius 2 is 0.624 bits per heavy atom. The molecule has 0 radical (unpaired) electrons. The number of amidine groups is 3. The van der Waals surface area contributed by atoms with E-state index in [1.54, 1.807) is 34.0 Å². The molecule has 3 amide bonds. The number of rotatable bonds is 22. The number of amides is 3. The summed E-state index contributed by atoms with van der Waals surface area (Å²) in [4.78, 5) is 87.6. The summed E-state index contributed by atoms with van der Waals surface area (Å²) < 4.78 is 15.9. The number of aromatic nitrogens is 6. The summed E-state index contributed by atoms with van der Waals surface area (Å²) in [5.74, 6) is 4.54. The van der Waals surface area contributed by atoms with Gasteiger partial charge in [0.05, 0.1) is 31.7 Å². The second-order valence-electron chi connectivity index (χ2n) is 39.5. The van der Waals surface area contributed by atoms with E-state index in [0.29, 0.717) is 47.1 Å². The van der Waals surface area contributed by atoms with E-state index >= 15 is 0 Å². The van der Waals surface area contributed by atoms with Gasteiger partial charge < -0.3 is 85.8 Å². The number of nitrogens with zero attached hydrogens (tertiary/aromatic N) is 9. The lowest BCUT2D eigenvalue weighted by Crippen LogP contribution is -2.27. The van der Waals surface area contributed by atoms with Gasteiger partial charge in [-0.05, 0) is 336 Å². The lowest BCUT2D eigenvalue weighted by atomic mass is 9.98. The minimum atomic E-state index is -0.439. The van der Waals surface area contributed by atoms with Crippen molar-refractivity contribution in [2.75, 3.05) is 136 Å². The van der Waals surface area contributed by atoms with Crippen molar-refractivity contribution < 1.29 is 28.6 Å². The number of hydrogen-bond acceptors (Lipinski definition) is 18. The normalized spacial score (nSPS) is 18.0. The first kappa shape index (κ1) is 103. The number of ether oxygens (including phenoxy) is 3. The summed E-state index contributed by atoms with van der Waals surface area (Å²) in [6.45, 7) is 17.4. The van der Waals surface area contributed by atoms with E-state index in [0.717, 1.165) is 166 Å². The summed E-state index contributed by atoms with van der Waals surface area (Å²) in [7, 11) is 10.8. The van der Waals surface area contributed by atoms with Gasteiger partial charge in [-0.25, -0.2) is 29.4 Å². The maximum absolute atomic E-state index is 12.1. The van der Waals surface area contributed by atoms with Crippen LogP contribution in [-0.2, 0) is 34.0 Å². The molecule has 5 fully saturated rings. The van der Waals surface area contributed by atoms with Crippen molar-refractivity contribution in [2.45, 2.75) is 94.9 Å². The van der Waals surface area contributed by atoms with Crippen molar-refractivity contribution in [2.24, 2.45) is 32.2 Å². The molecule has 0 aliphatic carbocycles. The number of fused-ring (bicyclic) bond motifs is 6. The van der Waals surface area contributed by atoms with Gasteiger partial charge in [-0.15, -0.1) is 34.0 Å². The standard InChI is InChI=1S/3C21H23N3O2.C20H22N4S.2C18H20N4S/c3*1-24-10-9-16(13-24)19-12-22-20-8-7-17(11-18(19)20)23-21(25)26-14-15-5-3-2-4-6-15;1-2-24-9-7-14(8-10-24)17-13-22-18-6-5-15(12-16(17)18)23-20(21)19-4-3-11-25-19;2*1-22-7-6-12(11-22)15-10-20-16-5-4-13(9-14(15)16)21-18(19)17-3-2-8-23-17/h3*2-8,11-12,16,22H,9-10,13-14H2,1H3,(H,23,25);3-7,11-13,22H,2,8-10H2,1H3,(H2,21,23);2*2-5,8-10,12,20H,6-7,11H2,1H3,(H2,19,21). The molecule has 9 aromatic heterocycles. The molecular weight excluding hydrogens is 1920 g/mol. The number of benzene rings is 9. The Balaban J connectivity index is 0.000000112. The molecule has 149 heavy (non-hydrogen) atoms. The zero-order valence-electron chi connectivity index (χ0n) is 85.2. The Labute approximate surface area is 880 Å². The van der Waals surface area contributed by atoms with Gasteiger partial charge in [-0.2, -0.15) is 0 Å². The molecule has 9 aromatic carbocycles. The summed E-state index contributed by atoms with van der Waals surface area (Å²) in [6.07, 6.45) is 20.8. The van der Waals surface area contributed by atoms with Crippen LogP contribution in [0.3, 0.4) is 0 Å². The number of aromatic amines is 6. The van der Waals surface area contributed by atoms with Crippen LogP contribution in [0.1, 0.15) is 140 Å². The monoisotopic (exact) mass is 2050 g/mol. The highest BCUT2D eigenvalue weighted by Crippen LogP contribution is 2.41. The first-order valence-corrected chi connectivity index (χ1v) is 53.9. The fourth-order valence-corrected chi connectivity index (χ4v) is 22.7. The van der Waals surface area contributed by atoms with Crippen molar-refractivity contribution in [1.82, 2.24) is 59.3 Å². The van der Waals surface area contributed by atoms with Gasteiger partial charge in [0.15, 0.2) is 0 Å². The smallest absolute Gasteiger partial charge is 0.411 e. The number of thiophene rings is 3. The van der Waals surface area contributed by atoms with Crippen molar-refractivity contribution in [1.29, 1.82) is 0 Å². The van der Waals surface area contributed by atoms with Crippen LogP contribution in [-0.4, -0.2) is 215 Å². The van der Waals surface area contributed by atoms with E-state index in [-0.39, 0.29) is 19.8 Å². The second-order valence-corrected chi connectivity index (χ2v) is 42.3. The Morgan fingerprint density at radius 3 is 0.893 bits per heavy atom. The third kappa shape index (κ3) is 26.4. The number of likely N-dealkylation sites (tertiary alicyclic amines) is 5. The van der Waals surface area contributed by atoms with Crippen LogP contribution in [0.2, 0.25) is 0 Å². The molecule has 15 N–H and O–H groups in total. The predicted molar refractivity (Wildman–Crippen MR) is 614 cm³/mol. The topological polar surface area (TPSA) is 344 Å². The first-order valence-electron chi connectivity index (χ1n) is 51.3. The van der Waals surface area contributed by atoms with Gasteiger partial charge >= 0.3 is 18.3 Å². The maximum Gasteiger partial charge on any atom is 0.411 e. The third-order valence-corrected chi connectivity index (χ3v) is 31.6. The molecule has 15 heterocycles. The molecule has 24 rings (SSSR count). The first-order chi connectivity index (χ1) is 72.7. The van der Waals surface area contributed by atoms with E-state index < -0.39 is 18.3 Å². The molecule has 0 saturated carbocycles. The molecule has 27 nitrogen and oxygen atoms in total. The fourth-order valence-electron chi connectivity index (χ4n) is 20.9. The summed E-state index contributed by atoms with van der Waals surface area (Å²) in [6, 6.07) is 77.5. The van der Waals surface area contributed by atoms with Crippen LogP contribution in [0.25, 0.3) is 71.0 Å². The zero-order chi connectivity index (χ0) is 103. The molecule has 6 aliphatic rings. The van der Waals surface area contributed by atoms with Crippen molar-refractivity contribution in [3.8, 4) is 0 Å². The Bertz CT molecular complexity index is 7170. The summed E-state index contributed by atoms with van der Waals surface area (Å²) in [5, 5.41) is 21.8. The minimum Gasteiger partial charge on any atom is -0.444 e. The van der Waals surface area contributed by atoms with Crippen molar-refractivity contribution in [3.05, 3.63) is 361 Å². The van der Waals surface area contributed by atoms with Crippen LogP contribution in [0.15, 0.2) is 311 Å². The molecule has 18 aromatic rings. The van der Waals surface area contributed by atoms with Gasteiger partial charge in [0.2, 0.25) is 0 Å². The van der Waals surface area contributed by atoms with E-state index in [2.05, 4.69) is 212 Å². The number of carbonyl (C=O) groups is 3. The van der Waals surface area contributed by atoms with Crippen LogP contribution >= 0.6 is 34.0 Å². The van der Waals surface area contributed by atoms with Crippen molar-refractivity contribution >= 4 is 175 Å². The number of likely N-dealkylation sites (N-methyl/N-ethyl adjacent to an activating group) is 6. The van der Waals surface area contributed by atoms with Gasteiger partial charge in [-0.3, -0.25) is 20.9 Å². The number of nitrogens with one attached hydrogen (secondary N) is 9. The highest BCUT2D eigenvalue weighted by molar-refractivity contribution is 7.12. The average molecular weight is 2050 g/mol. The quantitative estimate of drug-likeness (QED) is 0.0170. The zero-order valence-corrected chi connectivity index (χ0v) is 87.6. The van der Waals surface area contributed by atoms with E-state index in [9.17, 15) is 14.4 Å². The number of nitrogens with two attached hydrogens (primary N) is 3. The predicted octanol–water partition coefficient (Wildman–Crippen LogP) is 24.8. The van der Waals surface area contributed by atoms with Gasteiger partial charge in [0, 0.05) is 171 Å². The lowest BCUT2D eigenvalue weighted by molar-refractivity contribution is 0.154. The van der Waals surface area contributed by atoms with Crippen LogP contribution in [0.4, 0.5) is 48.5 Å². The minimum absolute atomic E-state index is 0.263. The van der Waals surface area contributed by atoms with Crippen LogP contribution < -0.4 is 33.2 Å². The number of aliphatic imine (C=N–C) groups is 3. The number of hydrogen-bond donors (Lipinski definition) is 12. The van der Waals surface area contributed by atoms with E-state index in [1.807, 2.05) is 216 Å². The van der Waals surface area contributed by atoms with Gasteiger partial charge in [0.1, 0.15) is 37.3 Å². The Morgan fingerprint density at radius 1 is 0.342 bits per heavy atom. The SMILES string of the molecule is CCN1CC=C(c2c[nH]c3ccc(N=C(N)c4cccs4)cc23)CC1.CN1CCC(c2c[nH]c3ccc(N=C(N)c4cccs4)cc23)C1.CN1CCC(c2c[nH]c3ccc(N=C(N)c4cccs4)cc23)C1.CN1CCC(c2c[nH]c3ccc(NC(=O)OCc4ccccc4)cc23)C1.CN1CCC(c2c[nH]c3ccc(NC(=O)OCc4ccccc4)cc23)C1.CN1CCC(c2c[nH]c3ccc(NC(=O)OCc4ccccc4)cc23)C1. The maximum atomic E-state index is 12.1. The summed E-state index contributed by atoms with van der Waals surface area (Å²) >= 11 is 4.83. The molecule has 30 heteroatoms. The largest absolute Gasteiger partial charge is 0.444 e. The molecule has 0 spiro atoms. The number of anilines is 3. The summed E-state index contributed by atoms with van der Waals surface area (Å²) in [5.41, 5.74) is 42.5. The number of carbonyl (C=O) groups excluding carboxylic acids is 3. The van der Waals surface area contributed by atoms with E-state index in [4.69, 9.17) is 31.4 Å². The highest BCUT2D eigenvalue weighted by atomic mass is 32.1. The Hall–Kier alpha value is -15.0. The van der Waals surface area contributed by atoms with Crippen molar-refractivity contribution in [3.63, 3.8) is 0 Å². The molecule has 766 valence electrons. The molecule has 0 bridgehead atoms. The molecule has 5 saturated heterocycles. The lowest BCUT2D eigenvalue weighted by Gasteiger charge is -2.24. The van der Waals surface area contributed by atoms with E-state index in [1.165, 1.54) is 127 Å². The van der Waals surface area contributed by atoms with Crippen LogP contribution in [0, 0.1) is 0 Å². The van der Waals surface area contributed by atoms with Crippen LogP contribution in [0.5, 0.6) is 0 Å². The molecular formula is C119H131N21O6S3. The molecule has 5 atom stereocenters. The number of H-pyrrole nitrogens is 6. The molecule has 5 unspecified atom stereocenters. The average Bonchev–Trinajstić information content (AvgIpc) is 1.66. The highest BCUT2D eigenvalue weighted by Gasteiger charge is 2.30. The van der Waals surface area contributed by atoms with Gasteiger partial charge in [0.25, 0.3) is 0 Å². The molecule has 6 aliphatic heterocycles.